The minimum Gasteiger partial charge on any atom is -0.479 e. The number of nitrogens with one attached hydrogen (secondary N) is 1. The molecule has 23 heteroatoms. The van der Waals surface area contributed by atoms with Gasteiger partial charge in [-0.25, -0.2) is 13.2 Å². The molecule has 0 bridgehead atoms. The lowest BCUT2D eigenvalue weighted by Crippen LogP contribution is -2.75. The molecule has 0 aliphatic heterocycles. The molecule has 0 fully saturated rings. The fourth-order valence-corrected chi connectivity index (χ4v) is 3.42. The molecule has 5 nitrogen and oxygen atoms in total. The first-order valence-corrected chi connectivity index (χ1v) is 9.35. The van der Waals surface area contributed by atoms with Gasteiger partial charge in [0.05, 0.1) is 0 Å². The largest absolute Gasteiger partial charge is 0.479 e. The van der Waals surface area contributed by atoms with Crippen molar-refractivity contribution in [1.82, 2.24) is 5.32 Å². The molecule has 0 rings (SSSR count). The normalized spacial score (nSPS) is 16.9. The highest BCUT2D eigenvalue weighted by molar-refractivity contribution is 7.93. The maximum Gasteiger partial charge on any atom is 0.460 e. The molecular formula is C12H8F17NO4S. The second-order valence-corrected chi connectivity index (χ2v) is 8.36. The fourth-order valence-electron chi connectivity index (χ4n) is 1.99. The number of carbonyl (C=O) groups is 1. The Morgan fingerprint density at radius 1 is 0.657 bits per heavy atom. The van der Waals surface area contributed by atoms with Gasteiger partial charge in [0.1, 0.15) is 0 Å². The van der Waals surface area contributed by atoms with E-state index in [0.29, 0.717) is 6.92 Å². The Balaban J connectivity index is 7.11. The van der Waals surface area contributed by atoms with Gasteiger partial charge in [-0.15, -0.1) is 0 Å². The maximum absolute atomic E-state index is 13.8. The van der Waals surface area contributed by atoms with Crippen molar-refractivity contribution >= 4 is 15.8 Å². The van der Waals surface area contributed by atoms with Crippen LogP contribution in [0.4, 0.5) is 74.6 Å². The van der Waals surface area contributed by atoms with Crippen molar-refractivity contribution in [2.45, 2.75) is 59.3 Å². The third kappa shape index (κ3) is 4.24. The standard InChI is InChI=1S/C12H8F17NO4S/c1-2-30-3(4(31)32)35(33,34)12(28,29)10(23,24)8(19,20)6(15,16)5(13,14)7(17,18)9(21,22)11(25,26)27/h3,30H,2H2,1H3,(H,31,32). The van der Waals surface area contributed by atoms with Gasteiger partial charge < -0.3 is 5.11 Å². The van der Waals surface area contributed by atoms with Gasteiger partial charge in [0.15, 0.2) is 0 Å². The Morgan fingerprint density at radius 2 is 0.943 bits per heavy atom. The highest BCUT2D eigenvalue weighted by Crippen LogP contribution is 2.64. The van der Waals surface area contributed by atoms with Crippen LogP contribution in [0.25, 0.3) is 0 Å². The molecule has 1 atom stereocenters. The predicted molar refractivity (Wildman–Crippen MR) is 74.7 cm³/mol. The van der Waals surface area contributed by atoms with E-state index in [0.717, 1.165) is 5.32 Å². The smallest absolute Gasteiger partial charge is 0.460 e. The van der Waals surface area contributed by atoms with E-state index in [2.05, 4.69) is 0 Å². The third-order valence-electron chi connectivity index (χ3n) is 3.97. The zero-order chi connectivity index (χ0) is 29.1. The molecule has 0 aliphatic rings. The molecule has 0 aliphatic carbocycles. The molecule has 35 heavy (non-hydrogen) atoms. The quantitative estimate of drug-likeness (QED) is 0.352. The monoisotopic (exact) mass is 585 g/mol. The zero-order valence-electron chi connectivity index (χ0n) is 15.8. The summed E-state index contributed by atoms with van der Waals surface area (Å²) in [5.74, 6) is -55.5. The number of likely N-dealkylation sites (N-methyl/N-ethyl adjacent to an activating group) is 1. The van der Waals surface area contributed by atoms with E-state index < -0.39 is 74.7 Å². The molecule has 210 valence electrons. The number of hydrogen-bond acceptors (Lipinski definition) is 4. The Hall–Kier alpha value is -1.81. The van der Waals surface area contributed by atoms with E-state index in [1.54, 1.807) is 0 Å². The van der Waals surface area contributed by atoms with E-state index in [1.807, 2.05) is 0 Å². The number of sulfone groups is 1. The minimum atomic E-state index is -8.97. The SMILES string of the molecule is CCNC(C(=O)O)S(=O)(=O)C(F)(F)C(F)(F)C(F)(F)C(F)(F)C(F)(F)C(F)(F)C(F)(F)C(F)(F)F. The molecule has 2 N–H and O–H groups in total. The van der Waals surface area contributed by atoms with E-state index in [9.17, 15) is 87.8 Å². The number of alkyl halides is 17. The van der Waals surface area contributed by atoms with Crippen LogP contribution in [0.1, 0.15) is 6.92 Å². The van der Waals surface area contributed by atoms with Gasteiger partial charge in [-0.2, -0.15) is 74.6 Å². The van der Waals surface area contributed by atoms with E-state index in [-0.39, 0.29) is 0 Å². The van der Waals surface area contributed by atoms with Crippen LogP contribution in [0.15, 0.2) is 0 Å². The van der Waals surface area contributed by atoms with Gasteiger partial charge in [-0.3, -0.25) is 5.32 Å². The summed E-state index contributed by atoms with van der Waals surface area (Å²) < 4.78 is 246. The molecule has 0 spiro atoms. The van der Waals surface area contributed by atoms with Crippen LogP contribution in [-0.2, 0) is 14.6 Å². The van der Waals surface area contributed by atoms with Crippen LogP contribution in [-0.4, -0.2) is 78.4 Å². The molecule has 0 amide bonds. The number of hydrogen-bond donors (Lipinski definition) is 2. The third-order valence-corrected chi connectivity index (χ3v) is 5.93. The summed E-state index contributed by atoms with van der Waals surface area (Å²) in [7, 11) is -7.76. The fraction of sp³-hybridized carbons (Fsp3) is 0.917. The van der Waals surface area contributed by atoms with Crippen LogP contribution < -0.4 is 5.32 Å². The molecule has 0 radical (unpaired) electrons. The molecular weight excluding hydrogens is 577 g/mol. The summed E-state index contributed by atoms with van der Waals surface area (Å²) in [5, 5.41) is -2.51. The summed E-state index contributed by atoms with van der Waals surface area (Å²) in [6.07, 6.45) is -7.93. The number of carboxylic acid groups (broad SMARTS) is 1. The summed E-state index contributed by atoms with van der Waals surface area (Å²) in [6, 6.07) is 0. The topological polar surface area (TPSA) is 83.5 Å². The highest BCUT2D eigenvalue weighted by Gasteiger charge is 2.96. The summed E-state index contributed by atoms with van der Waals surface area (Å²) >= 11 is 0. The van der Waals surface area contributed by atoms with Crippen molar-refractivity contribution in [3.05, 3.63) is 0 Å². The van der Waals surface area contributed by atoms with Crippen molar-refractivity contribution in [3.8, 4) is 0 Å². The number of rotatable bonds is 11. The van der Waals surface area contributed by atoms with Crippen LogP contribution in [0.5, 0.6) is 0 Å². The van der Waals surface area contributed by atoms with E-state index in [1.165, 1.54) is 0 Å². The molecule has 0 aromatic heterocycles. The Labute approximate surface area is 181 Å². The lowest BCUT2D eigenvalue weighted by atomic mass is 9.91. The van der Waals surface area contributed by atoms with Crippen molar-refractivity contribution in [2.75, 3.05) is 6.54 Å². The van der Waals surface area contributed by atoms with Gasteiger partial charge in [0.25, 0.3) is 0 Å². The van der Waals surface area contributed by atoms with Crippen LogP contribution in [0.3, 0.4) is 0 Å². The van der Waals surface area contributed by atoms with E-state index >= 15 is 0 Å². The molecule has 0 saturated heterocycles. The number of aliphatic carboxylic acids is 1. The average Bonchev–Trinajstić information content (AvgIpc) is 2.63. The lowest BCUT2D eigenvalue weighted by molar-refractivity contribution is -0.458. The van der Waals surface area contributed by atoms with Gasteiger partial charge in [0, 0.05) is 0 Å². The molecule has 1 unspecified atom stereocenters. The van der Waals surface area contributed by atoms with Gasteiger partial charge in [-0.05, 0) is 6.54 Å². The second kappa shape index (κ2) is 8.64. The van der Waals surface area contributed by atoms with Crippen LogP contribution in [0.2, 0.25) is 0 Å². The van der Waals surface area contributed by atoms with Crippen molar-refractivity contribution in [1.29, 1.82) is 0 Å². The maximum atomic E-state index is 13.8. The Morgan fingerprint density at radius 3 is 1.20 bits per heavy atom. The lowest BCUT2D eigenvalue weighted by Gasteiger charge is -2.42. The number of carboxylic acids is 1. The van der Waals surface area contributed by atoms with Crippen molar-refractivity contribution < 1.29 is 93.0 Å². The first kappa shape index (κ1) is 33.2. The van der Waals surface area contributed by atoms with Crippen LogP contribution in [0, 0.1) is 0 Å². The highest BCUT2D eigenvalue weighted by atomic mass is 32.2. The first-order valence-electron chi connectivity index (χ1n) is 7.80. The van der Waals surface area contributed by atoms with Crippen molar-refractivity contribution in [2.24, 2.45) is 0 Å². The van der Waals surface area contributed by atoms with Crippen LogP contribution >= 0.6 is 0 Å². The van der Waals surface area contributed by atoms with Gasteiger partial charge in [0.2, 0.25) is 15.2 Å². The van der Waals surface area contributed by atoms with E-state index in [4.69, 9.17) is 5.11 Å². The predicted octanol–water partition coefficient (Wildman–Crippen LogP) is 4.39. The summed E-state index contributed by atoms with van der Waals surface area (Å²) in [5.41, 5.74) is 0. The summed E-state index contributed by atoms with van der Waals surface area (Å²) in [6.45, 7) is -0.394. The number of halogens is 17. The molecule has 0 aromatic carbocycles. The van der Waals surface area contributed by atoms with Gasteiger partial charge >= 0.3 is 52.9 Å². The first-order chi connectivity index (χ1) is 14.9. The summed E-state index contributed by atoms with van der Waals surface area (Å²) in [4.78, 5) is 10.7. The molecule has 0 heterocycles. The minimum absolute atomic E-state index is 0.675. The molecule has 0 aromatic rings. The van der Waals surface area contributed by atoms with Crippen molar-refractivity contribution in [3.63, 3.8) is 0 Å². The second-order valence-electron chi connectivity index (χ2n) is 6.28. The van der Waals surface area contributed by atoms with Gasteiger partial charge in [-0.1, -0.05) is 6.92 Å². The Kier molecular flexibility index (Phi) is 8.20. The Bertz CT molecular complexity index is 911. The molecule has 0 saturated carbocycles. The zero-order valence-corrected chi connectivity index (χ0v) is 16.6. The average molecular weight is 585 g/mol.